The number of aromatic nitrogens is 1. The van der Waals surface area contributed by atoms with Crippen molar-refractivity contribution >= 4 is 28.2 Å². The number of fused-ring (bicyclic) bond motifs is 1. The summed E-state index contributed by atoms with van der Waals surface area (Å²) in [5.74, 6) is -0.588. The third kappa shape index (κ3) is 5.05. The van der Waals surface area contributed by atoms with Crippen LogP contribution in [0.15, 0.2) is 30.5 Å². The summed E-state index contributed by atoms with van der Waals surface area (Å²) in [7, 11) is 0. The number of pyridine rings is 1. The molecule has 1 aromatic heterocycles. The molecule has 2 heterocycles. The molecule has 2 aromatic rings. The van der Waals surface area contributed by atoms with Gasteiger partial charge in [0.2, 0.25) is 5.79 Å². The Balaban J connectivity index is 1.20. The highest BCUT2D eigenvalue weighted by atomic mass is 35.5. The van der Waals surface area contributed by atoms with Crippen molar-refractivity contribution in [1.29, 1.82) is 0 Å². The van der Waals surface area contributed by atoms with Crippen molar-refractivity contribution in [2.24, 2.45) is 0 Å². The standard InChI is InChI=1S/C25H34ClN3O3/c1-24(2)16-30-25(32-31-24)11-4-7-20(15-25)28-18-5-3-6-19(14-18)29-22-10-12-27-23-13-17(26)8-9-21(22)23/h8-10,12-13,18-20,28H,3-7,11,14-16H2,1-2H3,(H,27,29). The molecule has 1 saturated heterocycles. The molecule has 0 bridgehead atoms. The summed E-state index contributed by atoms with van der Waals surface area (Å²) in [4.78, 5) is 15.9. The van der Waals surface area contributed by atoms with E-state index in [2.05, 4.69) is 27.8 Å². The molecule has 1 aliphatic heterocycles. The van der Waals surface area contributed by atoms with E-state index in [9.17, 15) is 0 Å². The predicted octanol–water partition coefficient (Wildman–Crippen LogP) is 5.60. The van der Waals surface area contributed by atoms with Gasteiger partial charge < -0.3 is 15.4 Å². The Morgan fingerprint density at radius 1 is 1.03 bits per heavy atom. The van der Waals surface area contributed by atoms with E-state index in [1.54, 1.807) is 0 Å². The lowest BCUT2D eigenvalue weighted by molar-refractivity contribution is -0.512. The Morgan fingerprint density at radius 3 is 2.72 bits per heavy atom. The summed E-state index contributed by atoms with van der Waals surface area (Å²) in [6.45, 7) is 4.56. The van der Waals surface area contributed by atoms with Crippen molar-refractivity contribution in [3.05, 3.63) is 35.5 Å². The van der Waals surface area contributed by atoms with Crippen LogP contribution in [-0.2, 0) is 14.5 Å². The van der Waals surface area contributed by atoms with Crippen molar-refractivity contribution < 1.29 is 14.5 Å². The highest BCUT2D eigenvalue weighted by Gasteiger charge is 2.46. The third-order valence-electron chi connectivity index (χ3n) is 6.98. The van der Waals surface area contributed by atoms with Gasteiger partial charge in [0.25, 0.3) is 0 Å². The van der Waals surface area contributed by atoms with Crippen LogP contribution in [0, 0.1) is 0 Å². The SMILES string of the molecule is CC1(C)COC2(CCCC(NC3CCCC(Nc4ccnc5cc(Cl)ccc45)C3)C2)OO1. The van der Waals surface area contributed by atoms with Crippen LogP contribution >= 0.6 is 11.6 Å². The van der Waals surface area contributed by atoms with Crippen LogP contribution in [0.1, 0.15) is 65.2 Å². The Labute approximate surface area is 195 Å². The van der Waals surface area contributed by atoms with Crippen LogP contribution in [0.2, 0.25) is 5.02 Å². The van der Waals surface area contributed by atoms with Gasteiger partial charge in [-0.3, -0.25) is 4.98 Å². The van der Waals surface area contributed by atoms with Gasteiger partial charge in [0.1, 0.15) is 5.60 Å². The topological polar surface area (TPSA) is 64.6 Å². The van der Waals surface area contributed by atoms with E-state index in [4.69, 9.17) is 26.1 Å². The largest absolute Gasteiger partial charge is 0.382 e. The lowest BCUT2D eigenvalue weighted by atomic mass is 9.86. The minimum Gasteiger partial charge on any atom is -0.382 e. The molecule has 7 heteroatoms. The summed E-state index contributed by atoms with van der Waals surface area (Å²) in [6, 6.07) is 9.29. The summed E-state index contributed by atoms with van der Waals surface area (Å²) in [5, 5.41) is 9.55. The summed E-state index contributed by atoms with van der Waals surface area (Å²) in [6.07, 6.45) is 10.5. The molecule has 0 amide bonds. The van der Waals surface area contributed by atoms with Crippen LogP contribution in [0.25, 0.3) is 10.9 Å². The fourth-order valence-corrected chi connectivity index (χ4v) is 5.53. The molecule has 2 saturated carbocycles. The van der Waals surface area contributed by atoms with Crippen molar-refractivity contribution in [3.63, 3.8) is 0 Å². The second-order valence-corrected chi connectivity index (χ2v) is 10.7. The van der Waals surface area contributed by atoms with Gasteiger partial charge in [0.15, 0.2) is 0 Å². The average molecular weight is 460 g/mol. The zero-order chi connectivity index (χ0) is 22.2. The molecule has 2 N–H and O–H groups in total. The van der Waals surface area contributed by atoms with E-state index >= 15 is 0 Å². The molecular weight excluding hydrogens is 426 g/mol. The molecule has 6 nitrogen and oxygen atoms in total. The van der Waals surface area contributed by atoms with E-state index in [-0.39, 0.29) is 5.60 Å². The van der Waals surface area contributed by atoms with E-state index < -0.39 is 5.79 Å². The molecule has 2 aliphatic carbocycles. The fourth-order valence-electron chi connectivity index (χ4n) is 5.36. The number of benzene rings is 1. The molecule has 3 aliphatic rings. The first kappa shape index (κ1) is 22.4. The highest BCUT2D eigenvalue weighted by molar-refractivity contribution is 6.31. The molecule has 4 unspecified atom stereocenters. The Hall–Kier alpha value is -1.44. The number of rotatable bonds is 4. The van der Waals surface area contributed by atoms with Crippen molar-refractivity contribution in [1.82, 2.24) is 10.3 Å². The van der Waals surface area contributed by atoms with Crippen LogP contribution in [0.4, 0.5) is 5.69 Å². The predicted molar refractivity (Wildman–Crippen MR) is 127 cm³/mol. The smallest absolute Gasteiger partial charge is 0.203 e. The minimum absolute atomic E-state index is 0.379. The van der Waals surface area contributed by atoms with Gasteiger partial charge in [-0.15, -0.1) is 0 Å². The monoisotopic (exact) mass is 459 g/mol. The molecular formula is C25H34ClN3O3. The number of hydrogen-bond acceptors (Lipinski definition) is 6. The van der Waals surface area contributed by atoms with E-state index in [0.717, 1.165) is 48.7 Å². The maximum Gasteiger partial charge on any atom is 0.203 e. The first-order valence-electron chi connectivity index (χ1n) is 12.0. The second kappa shape index (κ2) is 9.07. The number of hydrogen-bond donors (Lipinski definition) is 2. The maximum absolute atomic E-state index is 6.18. The molecule has 32 heavy (non-hydrogen) atoms. The first-order chi connectivity index (χ1) is 15.4. The molecule has 1 aromatic carbocycles. The molecule has 1 spiro atoms. The lowest BCUT2D eigenvalue weighted by Crippen LogP contribution is -2.55. The van der Waals surface area contributed by atoms with E-state index in [1.807, 2.05) is 32.2 Å². The van der Waals surface area contributed by atoms with Crippen LogP contribution in [-0.4, -0.2) is 41.1 Å². The lowest BCUT2D eigenvalue weighted by Gasteiger charge is -2.46. The Kier molecular flexibility index (Phi) is 6.34. The van der Waals surface area contributed by atoms with Gasteiger partial charge in [-0.2, -0.15) is 0 Å². The van der Waals surface area contributed by atoms with Crippen molar-refractivity contribution in [3.8, 4) is 0 Å². The maximum atomic E-state index is 6.18. The number of nitrogens with one attached hydrogen (secondary N) is 2. The molecule has 0 radical (unpaired) electrons. The van der Waals surface area contributed by atoms with Gasteiger partial charge in [0.05, 0.1) is 12.1 Å². The zero-order valence-electron chi connectivity index (χ0n) is 19.0. The van der Waals surface area contributed by atoms with Crippen molar-refractivity contribution in [2.75, 3.05) is 11.9 Å². The first-order valence-corrected chi connectivity index (χ1v) is 12.4. The van der Waals surface area contributed by atoms with E-state index in [1.165, 1.54) is 19.3 Å². The number of anilines is 1. The van der Waals surface area contributed by atoms with Crippen LogP contribution in [0.5, 0.6) is 0 Å². The number of nitrogens with zero attached hydrogens (tertiary/aromatic N) is 1. The minimum atomic E-state index is -0.588. The number of ether oxygens (including phenoxy) is 1. The summed E-state index contributed by atoms with van der Waals surface area (Å²) in [5.41, 5.74) is 1.69. The molecule has 4 atom stereocenters. The van der Waals surface area contributed by atoms with Crippen molar-refractivity contribution in [2.45, 2.75) is 94.7 Å². The molecule has 5 rings (SSSR count). The highest BCUT2D eigenvalue weighted by Crippen LogP contribution is 2.39. The van der Waals surface area contributed by atoms with Gasteiger partial charge in [0, 0.05) is 53.3 Å². The molecule has 3 fully saturated rings. The Bertz CT molecular complexity index is 943. The molecule has 174 valence electrons. The Morgan fingerprint density at radius 2 is 1.88 bits per heavy atom. The third-order valence-corrected chi connectivity index (χ3v) is 7.21. The van der Waals surface area contributed by atoms with Crippen LogP contribution in [0.3, 0.4) is 0 Å². The number of halogens is 1. The quantitative estimate of drug-likeness (QED) is 0.580. The zero-order valence-corrected chi connectivity index (χ0v) is 19.8. The van der Waals surface area contributed by atoms with Gasteiger partial charge in [-0.1, -0.05) is 11.6 Å². The second-order valence-electron chi connectivity index (χ2n) is 10.3. The van der Waals surface area contributed by atoms with Gasteiger partial charge in [-0.05, 0) is 76.6 Å². The normalized spacial score (nSPS) is 32.8. The summed E-state index contributed by atoms with van der Waals surface area (Å²) >= 11 is 6.15. The van der Waals surface area contributed by atoms with Crippen LogP contribution < -0.4 is 10.6 Å². The van der Waals surface area contributed by atoms with Gasteiger partial charge in [-0.25, -0.2) is 9.78 Å². The summed E-state index contributed by atoms with van der Waals surface area (Å²) < 4.78 is 6.18. The average Bonchev–Trinajstić information content (AvgIpc) is 2.77. The fraction of sp³-hybridized carbons (Fsp3) is 0.640. The van der Waals surface area contributed by atoms with Gasteiger partial charge >= 0.3 is 0 Å². The van der Waals surface area contributed by atoms with E-state index in [0.29, 0.717) is 29.8 Å².